The largest absolute Gasteiger partial charge is 0.357 e. The van der Waals surface area contributed by atoms with E-state index in [9.17, 15) is 0 Å². The molecule has 4 rings (SSSR count). The van der Waals surface area contributed by atoms with Gasteiger partial charge < -0.3 is 10.2 Å². The summed E-state index contributed by atoms with van der Waals surface area (Å²) in [6, 6.07) is 19.2. The fourth-order valence-corrected chi connectivity index (χ4v) is 4.01. The third kappa shape index (κ3) is 4.32. The molecule has 0 amide bonds. The third-order valence-electron chi connectivity index (χ3n) is 4.34. The molecule has 136 valence electrons. The van der Waals surface area contributed by atoms with Gasteiger partial charge in [0.1, 0.15) is 0 Å². The van der Waals surface area contributed by atoms with Crippen LogP contribution in [0.5, 0.6) is 0 Å². The highest BCUT2D eigenvalue weighted by molar-refractivity contribution is 7.22. The lowest BCUT2D eigenvalue weighted by Gasteiger charge is -2.11. The number of anilines is 1. The van der Waals surface area contributed by atoms with Crippen molar-refractivity contribution in [1.29, 1.82) is 0 Å². The summed E-state index contributed by atoms with van der Waals surface area (Å²) in [6.07, 6.45) is 3.65. The second-order valence-electron chi connectivity index (χ2n) is 6.85. The normalized spacial score (nSPS) is 11.2. The Balaban J connectivity index is 1.50. The fraction of sp³-hybridized carbons (Fsp3) is 0.182. The number of benzene rings is 2. The highest BCUT2D eigenvalue weighted by Crippen LogP contribution is 2.30. The van der Waals surface area contributed by atoms with Crippen molar-refractivity contribution in [3.63, 3.8) is 0 Å². The van der Waals surface area contributed by atoms with E-state index in [0.29, 0.717) is 0 Å². The number of aromatic nitrogens is 2. The highest BCUT2D eigenvalue weighted by atomic mass is 32.1. The van der Waals surface area contributed by atoms with Crippen LogP contribution in [0.25, 0.3) is 21.3 Å². The number of nitrogens with one attached hydrogen (secondary N) is 1. The molecule has 0 saturated heterocycles. The van der Waals surface area contributed by atoms with Crippen LogP contribution in [0.4, 0.5) is 5.13 Å². The van der Waals surface area contributed by atoms with Crippen LogP contribution in [0.3, 0.4) is 0 Å². The topological polar surface area (TPSA) is 41.0 Å². The summed E-state index contributed by atoms with van der Waals surface area (Å²) >= 11 is 1.69. The molecule has 0 aliphatic heterocycles. The highest BCUT2D eigenvalue weighted by Gasteiger charge is 2.06. The lowest BCUT2D eigenvalue weighted by Crippen LogP contribution is -2.11. The number of fused-ring (bicyclic) bond motifs is 1. The van der Waals surface area contributed by atoms with Gasteiger partial charge in [0.15, 0.2) is 5.13 Å². The Morgan fingerprint density at radius 2 is 1.74 bits per heavy atom. The molecule has 0 unspecified atom stereocenters. The number of thiazole rings is 1. The first-order valence-electron chi connectivity index (χ1n) is 8.95. The molecular formula is C22H22N4S. The molecule has 0 fully saturated rings. The number of hydrogen-bond acceptors (Lipinski definition) is 5. The van der Waals surface area contributed by atoms with Gasteiger partial charge >= 0.3 is 0 Å². The number of rotatable bonds is 6. The molecule has 0 atom stereocenters. The Bertz CT molecular complexity index is 1040. The summed E-state index contributed by atoms with van der Waals surface area (Å²) in [6.45, 7) is 1.73. The minimum atomic E-state index is 0.776. The van der Waals surface area contributed by atoms with Crippen LogP contribution in [-0.2, 0) is 13.1 Å². The van der Waals surface area contributed by atoms with Crippen molar-refractivity contribution in [1.82, 2.24) is 14.9 Å². The van der Waals surface area contributed by atoms with Crippen molar-refractivity contribution >= 4 is 26.7 Å². The van der Waals surface area contributed by atoms with Crippen LogP contribution in [0.2, 0.25) is 0 Å². The van der Waals surface area contributed by atoms with E-state index in [1.807, 2.05) is 24.5 Å². The summed E-state index contributed by atoms with van der Waals surface area (Å²) in [5.74, 6) is 0. The maximum absolute atomic E-state index is 4.72. The maximum Gasteiger partial charge on any atom is 0.184 e. The van der Waals surface area contributed by atoms with Crippen LogP contribution >= 0.6 is 11.3 Å². The Morgan fingerprint density at radius 3 is 2.56 bits per heavy atom. The fourth-order valence-electron chi connectivity index (χ4n) is 3.10. The smallest absolute Gasteiger partial charge is 0.184 e. The van der Waals surface area contributed by atoms with Crippen LogP contribution < -0.4 is 5.32 Å². The van der Waals surface area contributed by atoms with Gasteiger partial charge in [0.2, 0.25) is 0 Å². The van der Waals surface area contributed by atoms with Gasteiger partial charge in [-0.1, -0.05) is 41.7 Å². The van der Waals surface area contributed by atoms with Gasteiger partial charge in [0.05, 0.1) is 10.2 Å². The third-order valence-corrected chi connectivity index (χ3v) is 5.31. The molecule has 0 aliphatic carbocycles. The lowest BCUT2D eigenvalue weighted by molar-refractivity contribution is 0.402. The molecule has 0 saturated carbocycles. The van der Waals surface area contributed by atoms with E-state index < -0.39 is 0 Å². The number of pyridine rings is 1. The molecule has 2 aromatic heterocycles. The van der Waals surface area contributed by atoms with E-state index in [1.54, 1.807) is 11.3 Å². The van der Waals surface area contributed by atoms with Crippen molar-refractivity contribution < 1.29 is 0 Å². The van der Waals surface area contributed by atoms with Crippen molar-refractivity contribution in [3.8, 4) is 11.1 Å². The molecule has 1 N–H and O–H groups in total. The van der Waals surface area contributed by atoms with Gasteiger partial charge in [-0.15, -0.1) is 0 Å². The lowest BCUT2D eigenvalue weighted by atomic mass is 10.1. The summed E-state index contributed by atoms with van der Waals surface area (Å²) in [5, 5.41) is 4.43. The number of hydrogen-bond donors (Lipinski definition) is 1. The second kappa shape index (κ2) is 7.86. The molecule has 27 heavy (non-hydrogen) atoms. The van der Waals surface area contributed by atoms with Gasteiger partial charge in [-0.2, -0.15) is 0 Å². The van der Waals surface area contributed by atoms with Crippen LogP contribution in [0.15, 0.2) is 67.0 Å². The molecule has 0 aliphatic rings. The van der Waals surface area contributed by atoms with Crippen LogP contribution in [0, 0.1) is 0 Å². The van der Waals surface area contributed by atoms with Gasteiger partial charge in [-0.05, 0) is 60.6 Å². The molecular weight excluding hydrogens is 352 g/mol. The molecule has 5 heteroatoms. The van der Waals surface area contributed by atoms with E-state index in [1.165, 1.54) is 27.0 Å². The first-order chi connectivity index (χ1) is 13.2. The zero-order valence-electron chi connectivity index (χ0n) is 15.5. The molecule has 0 spiro atoms. The van der Waals surface area contributed by atoms with Crippen LogP contribution in [-0.4, -0.2) is 29.0 Å². The van der Waals surface area contributed by atoms with Crippen molar-refractivity contribution in [2.45, 2.75) is 13.1 Å². The van der Waals surface area contributed by atoms with E-state index in [-0.39, 0.29) is 0 Å². The SMILES string of the molecule is CN(C)Cc1cccc(CNc2nc3ccc(-c4ccncc4)cc3s2)c1. The Morgan fingerprint density at radius 1 is 0.926 bits per heavy atom. The van der Waals surface area contributed by atoms with Crippen molar-refractivity contribution in [3.05, 3.63) is 78.1 Å². The first kappa shape index (κ1) is 17.6. The first-order valence-corrected chi connectivity index (χ1v) is 9.76. The average Bonchev–Trinajstić information content (AvgIpc) is 3.09. The zero-order chi connectivity index (χ0) is 18.6. The molecule has 0 radical (unpaired) electrons. The molecule has 0 bridgehead atoms. The van der Waals surface area contributed by atoms with Gasteiger partial charge in [0, 0.05) is 25.5 Å². The summed E-state index contributed by atoms with van der Waals surface area (Å²) in [4.78, 5) is 11.0. The Kier molecular flexibility index (Phi) is 5.14. The van der Waals surface area contributed by atoms with E-state index in [0.717, 1.165) is 23.7 Å². The maximum atomic E-state index is 4.72. The van der Waals surface area contributed by atoms with Gasteiger partial charge in [-0.3, -0.25) is 4.98 Å². The minimum absolute atomic E-state index is 0.776. The Labute approximate surface area is 163 Å². The van der Waals surface area contributed by atoms with E-state index >= 15 is 0 Å². The molecule has 2 heterocycles. The average molecular weight is 375 g/mol. The monoisotopic (exact) mass is 374 g/mol. The Hall–Kier alpha value is -2.76. The summed E-state index contributed by atoms with van der Waals surface area (Å²) in [7, 11) is 4.18. The molecule has 2 aromatic carbocycles. The van der Waals surface area contributed by atoms with Crippen molar-refractivity contribution in [2.24, 2.45) is 0 Å². The molecule has 4 nitrogen and oxygen atoms in total. The quantitative estimate of drug-likeness (QED) is 0.514. The minimum Gasteiger partial charge on any atom is -0.357 e. The summed E-state index contributed by atoms with van der Waals surface area (Å²) < 4.78 is 1.19. The second-order valence-corrected chi connectivity index (χ2v) is 7.88. The predicted molar refractivity (Wildman–Crippen MR) is 114 cm³/mol. The standard InChI is InChI=1S/C22H22N4S/c1-26(2)15-17-5-3-4-16(12-17)14-24-22-25-20-7-6-19(13-21(20)27-22)18-8-10-23-11-9-18/h3-13H,14-15H2,1-2H3,(H,24,25). The number of nitrogens with zero attached hydrogens (tertiary/aromatic N) is 3. The van der Waals surface area contributed by atoms with E-state index in [2.05, 4.69) is 71.8 Å². The van der Waals surface area contributed by atoms with Crippen molar-refractivity contribution in [2.75, 3.05) is 19.4 Å². The predicted octanol–water partition coefficient (Wildman–Crippen LogP) is 5.03. The van der Waals surface area contributed by atoms with Gasteiger partial charge in [0.25, 0.3) is 0 Å². The van der Waals surface area contributed by atoms with Crippen LogP contribution in [0.1, 0.15) is 11.1 Å². The molecule has 4 aromatic rings. The van der Waals surface area contributed by atoms with Gasteiger partial charge in [-0.25, -0.2) is 4.98 Å². The zero-order valence-corrected chi connectivity index (χ0v) is 16.3. The summed E-state index contributed by atoms with van der Waals surface area (Å²) in [5.41, 5.74) is 5.99. The van der Waals surface area contributed by atoms with E-state index in [4.69, 9.17) is 4.98 Å².